The number of carbonyl (C=O) groups is 1. The molecule has 0 heterocycles. The number of carboxylic acids is 1. The van der Waals surface area contributed by atoms with Crippen LogP contribution in [0.3, 0.4) is 0 Å². The fraction of sp³-hybridized carbons (Fsp3) is 0.767. The van der Waals surface area contributed by atoms with Crippen molar-refractivity contribution in [3.05, 3.63) is 35.9 Å². The van der Waals surface area contributed by atoms with Crippen LogP contribution in [0.25, 0.3) is 0 Å². The molecule has 2 N–H and O–H groups in total. The van der Waals surface area contributed by atoms with Crippen LogP contribution >= 0.6 is 0 Å². The zero-order chi connectivity index (χ0) is 24.7. The van der Waals surface area contributed by atoms with Gasteiger partial charge in [-0.1, -0.05) is 153 Å². The SMILES string of the molecule is CCCCCCCCCCCCCCCCCCCCC(COCO)(C(=O)O)c1ccccc1. The number of rotatable bonds is 24. The molecule has 0 fully saturated rings. The fourth-order valence-electron chi connectivity index (χ4n) is 4.90. The number of aliphatic hydroxyl groups is 1. The smallest absolute Gasteiger partial charge is 0.316 e. The van der Waals surface area contributed by atoms with Crippen LogP contribution in [-0.2, 0) is 14.9 Å². The van der Waals surface area contributed by atoms with Crippen LogP contribution in [0, 0.1) is 0 Å². The van der Waals surface area contributed by atoms with Gasteiger partial charge in [0, 0.05) is 0 Å². The van der Waals surface area contributed by atoms with Gasteiger partial charge in [-0.25, -0.2) is 0 Å². The van der Waals surface area contributed by atoms with Crippen molar-refractivity contribution in [2.45, 2.75) is 134 Å². The third-order valence-corrected chi connectivity index (χ3v) is 7.13. The minimum atomic E-state index is -1.08. The first kappa shape index (κ1) is 30.6. The molecule has 0 bridgehead atoms. The van der Waals surface area contributed by atoms with Crippen molar-refractivity contribution in [3.8, 4) is 0 Å². The lowest BCUT2D eigenvalue weighted by Crippen LogP contribution is -2.40. The van der Waals surface area contributed by atoms with Crippen LogP contribution in [0.5, 0.6) is 0 Å². The summed E-state index contributed by atoms with van der Waals surface area (Å²) in [4.78, 5) is 12.2. The van der Waals surface area contributed by atoms with Crippen LogP contribution in [0.2, 0.25) is 0 Å². The van der Waals surface area contributed by atoms with Crippen LogP contribution in [-0.4, -0.2) is 29.6 Å². The molecular weight excluding hydrogens is 424 g/mol. The van der Waals surface area contributed by atoms with Crippen molar-refractivity contribution in [3.63, 3.8) is 0 Å². The molecule has 4 heteroatoms. The van der Waals surface area contributed by atoms with Gasteiger partial charge in [-0.2, -0.15) is 0 Å². The maximum Gasteiger partial charge on any atom is 0.316 e. The molecule has 4 nitrogen and oxygen atoms in total. The van der Waals surface area contributed by atoms with Crippen molar-refractivity contribution in [2.75, 3.05) is 13.4 Å². The molecule has 0 aliphatic rings. The number of aliphatic hydroxyl groups excluding tert-OH is 1. The molecule has 0 spiro atoms. The van der Waals surface area contributed by atoms with Gasteiger partial charge in [-0.3, -0.25) is 4.79 Å². The molecule has 0 saturated carbocycles. The molecule has 1 unspecified atom stereocenters. The monoisotopic (exact) mass is 476 g/mol. The zero-order valence-electron chi connectivity index (χ0n) is 21.9. The summed E-state index contributed by atoms with van der Waals surface area (Å²) >= 11 is 0. The lowest BCUT2D eigenvalue weighted by Gasteiger charge is -2.29. The van der Waals surface area contributed by atoms with Gasteiger partial charge in [-0.15, -0.1) is 0 Å². The van der Waals surface area contributed by atoms with E-state index in [1.165, 1.54) is 96.3 Å². The predicted molar refractivity (Wildman–Crippen MR) is 142 cm³/mol. The Labute approximate surface area is 209 Å². The van der Waals surface area contributed by atoms with E-state index in [4.69, 9.17) is 9.84 Å². The van der Waals surface area contributed by atoms with Gasteiger partial charge in [-0.05, 0) is 12.0 Å². The second kappa shape index (κ2) is 20.9. The van der Waals surface area contributed by atoms with Crippen molar-refractivity contribution in [1.29, 1.82) is 0 Å². The Bertz CT molecular complexity index is 589. The Kier molecular flexibility index (Phi) is 18.9. The highest BCUT2D eigenvalue weighted by atomic mass is 16.6. The Morgan fingerprint density at radius 1 is 0.706 bits per heavy atom. The summed E-state index contributed by atoms with van der Waals surface area (Å²) in [5, 5.41) is 19.1. The Balaban J connectivity index is 2.06. The Hall–Kier alpha value is -1.39. The number of unbranched alkanes of at least 4 members (excludes halogenated alkanes) is 17. The van der Waals surface area contributed by atoms with Crippen molar-refractivity contribution in [1.82, 2.24) is 0 Å². The second-order valence-corrected chi connectivity index (χ2v) is 9.99. The standard InChI is InChI=1S/C30H52O4/c1-2-3-4-5-6-7-8-9-10-11-12-13-14-15-16-17-18-22-25-30(29(32)33,26-34-27-31)28-23-20-19-21-24-28/h19-21,23-24,31H,2-18,22,25-27H2,1H3,(H,32,33). The number of ether oxygens (including phenoxy) is 1. The number of aliphatic carboxylic acids is 1. The van der Waals surface area contributed by atoms with E-state index in [1.54, 1.807) is 0 Å². The Morgan fingerprint density at radius 3 is 1.50 bits per heavy atom. The van der Waals surface area contributed by atoms with E-state index in [1.807, 2.05) is 30.3 Å². The van der Waals surface area contributed by atoms with Gasteiger partial charge in [0.05, 0.1) is 6.61 Å². The van der Waals surface area contributed by atoms with E-state index in [-0.39, 0.29) is 6.61 Å². The van der Waals surface area contributed by atoms with Crippen molar-refractivity contribution in [2.24, 2.45) is 0 Å². The minimum absolute atomic E-state index is 0.00179. The second-order valence-electron chi connectivity index (χ2n) is 9.99. The van der Waals surface area contributed by atoms with Crippen LogP contribution < -0.4 is 0 Å². The van der Waals surface area contributed by atoms with Gasteiger partial charge < -0.3 is 14.9 Å². The third kappa shape index (κ3) is 13.5. The molecule has 0 aliphatic carbocycles. The molecule has 196 valence electrons. The van der Waals surface area contributed by atoms with Gasteiger partial charge in [0.15, 0.2) is 0 Å². The molecule has 1 atom stereocenters. The normalized spacial score (nSPS) is 13.1. The molecule has 0 aromatic heterocycles. The summed E-state index contributed by atoms with van der Waals surface area (Å²) in [6, 6.07) is 9.32. The lowest BCUT2D eigenvalue weighted by atomic mass is 9.76. The topological polar surface area (TPSA) is 66.8 Å². The average molecular weight is 477 g/mol. The van der Waals surface area contributed by atoms with Crippen LogP contribution in [0.1, 0.15) is 134 Å². The van der Waals surface area contributed by atoms with E-state index >= 15 is 0 Å². The fourth-order valence-corrected chi connectivity index (χ4v) is 4.90. The van der Waals surface area contributed by atoms with Gasteiger partial charge in [0.25, 0.3) is 0 Å². The average Bonchev–Trinajstić information content (AvgIpc) is 2.85. The van der Waals surface area contributed by atoms with Gasteiger partial charge >= 0.3 is 5.97 Å². The van der Waals surface area contributed by atoms with Crippen molar-refractivity contribution < 1.29 is 19.7 Å². The minimum Gasteiger partial charge on any atom is -0.481 e. The van der Waals surface area contributed by atoms with Crippen LogP contribution in [0.4, 0.5) is 0 Å². The maximum atomic E-state index is 12.2. The largest absolute Gasteiger partial charge is 0.481 e. The van der Waals surface area contributed by atoms with E-state index in [0.717, 1.165) is 24.8 Å². The van der Waals surface area contributed by atoms with E-state index < -0.39 is 18.2 Å². The molecule has 0 aliphatic heterocycles. The number of hydrogen-bond donors (Lipinski definition) is 2. The highest BCUT2D eigenvalue weighted by Crippen LogP contribution is 2.31. The highest BCUT2D eigenvalue weighted by molar-refractivity contribution is 5.81. The lowest BCUT2D eigenvalue weighted by molar-refractivity contribution is -0.149. The number of carboxylic acid groups (broad SMARTS) is 1. The summed E-state index contributed by atoms with van der Waals surface area (Å²) in [6.07, 6.45) is 24.2. The molecule has 0 amide bonds. The van der Waals surface area contributed by atoms with Crippen LogP contribution in [0.15, 0.2) is 30.3 Å². The number of hydrogen-bond acceptors (Lipinski definition) is 3. The summed E-state index contributed by atoms with van der Waals surface area (Å²) in [5.74, 6) is -0.876. The number of benzene rings is 1. The predicted octanol–water partition coefficient (Wildman–Crippen LogP) is 8.41. The third-order valence-electron chi connectivity index (χ3n) is 7.13. The first-order valence-corrected chi connectivity index (χ1v) is 14.1. The van der Waals surface area contributed by atoms with E-state index in [0.29, 0.717) is 6.42 Å². The van der Waals surface area contributed by atoms with E-state index in [2.05, 4.69) is 6.92 Å². The zero-order valence-corrected chi connectivity index (χ0v) is 21.9. The molecule has 1 aromatic rings. The molecular formula is C30H52O4. The molecule has 0 radical (unpaired) electrons. The maximum absolute atomic E-state index is 12.2. The highest BCUT2D eigenvalue weighted by Gasteiger charge is 2.40. The van der Waals surface area contributed by atoms with Crippen molar-refractivity contribution >= 4 is 5.97 Å². The molecule has 34 heavy (non-hydrogen) atoms. The Morgan fingerprint density at radius 2 is 1.12 bits per heavy atom. The first-order chi connectivity index (χ1) is 16.7. The summed E-state index contributed by atoms with van der Waals surface area (Å²) in [6.45, 7) is 1.82. The molecule has 1 aromatic carbocycles. The van der Waals surface area contributed by atoms with Gasteiger partial charge in [0.1, 0.15) is 12.2 Å². The summed E-state index contributed by atoms with van der Waals surface area (Å²) in [7, 11) is 0. The molecule has 0 saturated heterocycles. The quantitative estimate of drug-likeness (QED) is 0.116. The molecule has 1 rings (SSSR count). The summed E-state index contributed by atoms with van der Waals surface area (Å²) < 4.78 is 5.18. The first-order valence-electron chi connectivity index (χ1n) is 14.1. The summed E-state index contributed by atoms with van der Waals surface area (Å²) in [5.41, 5.74) is -0.332. The van der Waals surface area contributed by atoms with Gasteiger partial charge in [0.2, 0.25) is 0 Å². The van der Waals surface area contributed by atoms with E-state index in [9.17, 15) is 9.90 Å².